The lowest BCUT2D eigenvalue weighted by molar-refractivity contribution is -0.164. The highest BCUT2D eigenvalue weighted by Crippen LogP contribution is 2.34. The van der Waals surface area contributed by atoms with Gasteiger partial charge in [-0.1, -0.05) is 12.1 Å². The van der Waals surface area contributed by atoms with Gasteiger partial charge in [-0.15, -0.1) is 0 Å². The van der Waals surface area contributed by atoms with Gasteiger partial charge in [-0.05, 0) is 42.0 Å². The molecule has 1 amide bonds. The molecule has 6 nitrogen and oxygen atoms in total. The third kappa shape index (κ3) is 4.26. The smallest absolute Gasteiger partial charge is 0.287 e. The number of halogens is 4. The Balaban J connectivity index is 1.78. The Morgan fingerprint density at radius 1 is 1.23 bits per heavy atom. The molecule has 0 fully saturated rings. The van der Waals surface area contributed by atoms with E-state index in [0.29, 0.717) is 16.9 Å². The molecule has 0 saturated heterocycles. The van der Waals surface area contributed by atoms with Crippen LogP contribution in [-0.4, -0.2) is 40.3 Å². The van der Waals surface area contributed by atoms with Crippen LogP contribution in [0.15, 0.2) is 53.6 Å². The maximum absolute atomic E-state index is 13.3. The largest absolute Gasteiger partial charge is 0.489 e. The minimum absolute atomic E-state index is 0.0116. The number of benzene rings is 2. The minimum atomic E-state index is -3.50. The van der Waals surface area contributed by atoms with Gasteiger partial charge in [0.25, 0.3) is 18.8 Å². The number of carbonyl (C=O) groups excluding carboxylic acids is 1. The Morgan fingerprint density at radius 3 is 2.53 bits per heavy atom. The zero-order chi connectivity index (χ0) is 21.9. The number of carbonyl (C=O) groups is 1. The number of ether oxygens (including phenoxy) is 1. The van der Waals surface area contributed by atoms with Gasteiger partial charge in [0.2, 0.25) is 5.72 Å². The Bertz CT molecular complexity index is 1010. The van der Waals surface area contributed by atoms with Crippen LogP contribution in [0.25, 0.3) is 0 Å². The van der Waals surface area contributed by atoms with Crippen LogP contribution < -0.4 is 4.74 Å². The van der Waals surface area contributed by atoms with E-state index in [4.69, 9.17) is 10.00 Å². The standard InChI is InChI=1S/C20H15F4N3O3/c21-17(22)16-9-20(29,19(23)24)27(26-16)18(28)14-3-1-2-13(8-14)11-30-15-6-4-12(10-25)5-7-15/h1-8,17,19,29H,9,11H2/t20-/m0/s1. The van der Waals surface area contributed by atoms with Crippen LogP contribution in [0.4, 0.5) is 17.6 Å². The fraction of sp³-hybridized carbons (Fsp3) is 0.250. The first-order valence-corrected chi connectivity index (χ1v) is 8.67. The maximum atomic E-state index is 13.3. The van der Waals surface area contributed by atoms with E-state index in [9.17, 15) is 27.5 Å². The monoisotopic (exact) mass is 421 g/mol. The van der Waals surface area contributed by atoms with Gasteiger partial charge in [0.05, 0.1) is 11.6 Å². The summed E-state index contributed by atoms with van der Waals surface area (Å²) in [5, 5.41) is 22.1. The van der Waals surface area contributed by atoms with Crippen molar-refractivity contribution in [1.82, 2.24) is 5.01 Å². The second-order valence-corrected chi connectivity index (χ2v) is 6.49. The lowest BCUT2D eigenvalue weighted by Crippen LogP contribution is -2.51. The van der Waals surface area contributed by atoms with Gasteiger partial charge in [-0.25, -0.2) is 17.6 Å². The zero-order valence-corrected chi connectivity index (χ0v) is 15.3. The number of alkyl halides is 4. The highest BCUT2D eigenvalue weighted by Gasteiger charge is 2.53. The molecule has 1 N–H and O–H groups in total. The lowest BCUT2D eigenvalue weighted by Gasteiger charge is -2.30. The third-order valence-corrected chi connectivity index (χ3v) is 4.39. The molecule has 2 aromatic rings. The summed E-state index contributed by atoms with van der Waals surface area (Å²) in [7, 11) is 0. The Hall–Kier alpha value is -3.45. The second kappa shape index (κ2) is 8.51. The van der Waals surface area contributed by atoms with Crippen LogP contribution in [0.2, 0.25) is 0 Å². The average Bonchev–Trinajstić information content (AvgIpc) is 3.11. The molecule has 3 rings (SSSR count). The van der Waals surface area contributed by atoms with E-state index in [2.05, 4.69) is 5.10 Å². The maximum Gasteiger partial charge on any atom is 0.287 e. The van der Waals surface area contributed by atoms with Gasteiger partial charge in [0.15, 0.2) is 0 Å². The van der Waals surface area contributed by atoms with Crippen molar-refractivity contribution in [2.45, 2.75) is 31.6 Å². The molecule has 0 bridgehead atoms. The van der Waals surface area contributed by atoms with Crippen molar-refractivity contribution >= 4 is 11.6 Å². The molecule has 0 spiro atoms. The van der Waals surface area contributed by atoms with E-state index >= 15 is 0 Å². The van der Waals surface area contributed by atoms with Crippen LogP contribution >= 0.6 is 0 Å². The van der Waals surface area contributed by atoms with Crippen LogP contribution in [0.1, 0.15) is 27.9 Å². The van der Waals surface area contributed by atoms with Crippen molar-refractivity contribution in [2.75, 3.05) is 0 Å². The van der Waals surface area contributed by atoms with Gasteiger partial charge in [0.1, 0.15) is 18.1 Å². The predicted molar refractivity (Wildman–Crippen MR) is 97.1 cm³/mol. The van der Waals surface area contributed by atoms with Gasteiger partial charge in [-0.2, -0.15) is 15.4 Å². The van der Waals surface area contributed by atoms with Crippen LogP contribution in [-0.2, 0) is 6.61 Å². The zero-order valence-electron chi connectivity index (χ0n) is 15.3. The van der Waals surface area contributed by atoms with E-state index < -0.39 is 36.6 Å². The van der Waals surface area contributed by atoms with E-state index in [-0.39, 0.29) is 17.2 Å². The van der Waals surface area contributed by atoms with E-state index in [1.807, 2.05) is 6.07 Å². The highest BCUT2D eigenvalue weighted by molar-refractivity contribution is 5.99. The fourth-order valence-corrected chi connectivity index (χ4v) is 2.81. The van der Waals surface area contributed by atoms with E-state index in [0.717, 1.165) is 0 Å². The van der Waals surface area contributed by atoms with Crippen molar-refractivity contribution in [1.29, 1.82) is 5.26 Å². The van der Waals surface area contributed by atoms with Crippen LogP contribution in [0.5, 0.6) is 5.75 Å². The molecule has 0 aromatic heterocycles. The number of nitrogens with zero attached hydrogens (tertiary/aromatic N) is 3. The Morgan fingerprint density at radius 2 is 1.93 bits per heavy atom. The van der Waals surface area contributed by atoms with Crippen molar-refractivity contribution < 1.29 is 32.2 Å². The topological polar surface area (TPSA) is 85.9 Å². The molecule has 0 aliphatic carbocycles. The molecule has 156 valence electrons. The van der Waals surface area contributed by atoms with Gasteiger partial charge in [-0.3, -0.25) is 4.79 Å². The summed E-state index contributed by atoms with van der Waals surface area (Å²) in [6.07, 6.45) is -7.82. The molecule has 30 heavy (non-hydrogen) atoms. The summed E-state index contributed by atoms with van der Waals surface area (Å²) < 4.78 is 58.0. The first-order chi connectivity index (χ1) is 14.2. The molecule has 1 aliphatic heterocycles. The van der Waals surface area contributed by atoms with Crippen molar-refractivity contribution in [3.05, 3.63) is 65.2 Å². The average molecular weight is 421 g/mol. The molecular weight excluding hydrogens is 406 g/mol. The lowest BCUT2D eigenvalue weighted by atomic mass is 10.1. The molecule has 1 atom stereocenters. The number of nitriles is 1. The van der Waals surface area contributed by atoms with Gasteiger partial charge >= 0.3 is 0 Å². The predicted octanol–water partition coefficient (Wildman–Crippen LogP) is 3.56. The number of hydrazone groups is 1. The van der Waals surface area contributed by atoms with Crippen molar-refractivity contribution in [3.63, 3.8) is 0 Å². The van der Waals surface area contributed by atoms with E-state index in [1.54, 1.807) is 30.3 Å². The Labute approximate surface area is 168 Å². The SMILES string of the molecule is N#Cc1ccc(OCc2cccc(C(=O)N3N=C(C(F)F)C[C@]3(O)C(F)F)c2)cc1. The number of hydrogen-bond donors (Lipinski definition) is 1. The highest BCUT2D eigenvalue weighted by atomic mass is 19.3. The minimum Gasteiger partial charge on any atom is -0.489 e. The number of hydrogen-bond acceptors (Lipinski definition) is 5. The second-order valence-electron chi connectivity index (χ2n) is 6.49. The molecule has 0 radical (unpaired) electrons. The van der Waals surface area contributed by atoms with Gasteiger partial charge < -0.3 is 9.84 Å². The van der Waals surface area contributed by atoms with Crippen LogP contribution in [0.3, 0.4) is 0 Å². The molecular formula is C20H15F4N3O3. The summed E-state index contributed by atoms with van der Waals surface area (Å²) in [5.41, 5.74) is -3.32. The summed E-state index contributed by atoms with van der Waals surface area (Å²) >= 11 is 0. The van der Waals surface area contributed by atoms with Crippen LogP contribution in [0, 0.1) is 11.3 Å². The quantitative estimate of drug-likeness (QED) is 0.723. The Kier molecular flexibility index (Phi) is 6.03. The molecule has 1 aliphatic rings. The number of rotatable bonds is 6. The normalized spacial score (nSPS) is 18.5. The summed E-state index contributed by atoms with van der Waals surface area (Å²) in [4.78, 5) is 12.6. The van der Waals surface area contributed by atoms with Crippen molar-refractivity contribution in [3.8, 4) is 11.8 Å². The molecule has 0 unspecified atom stereocenters. The van der Waals surface area contributed by atoms with E-state index in [1.165, 1.54) is 18.2 Å². The molecule has 1 heterocycles. The van der Waals surface area contributed by atoms with Gasteiger partial charge in [0, 0.05) is 12.0 Å². The third-order valence-electron chi connectivity index (χ3n) is 4.39. The first kappa shape index (κ1) is 21.3. The molecule has 2 aromatic carbocycles. The molecule has 0 saturated carbocycles. The summed E-state index contributed by atoms with van der Waals surface area (Å²) in [5.74, 6) is -0.683. The number of aliphatic hydroxyl groups is 1. The summed E-state index contributed by atoms with van der Waals surface area (Å²) in [6, 6.07) is 13.9. The fourth-order valence-electron chi connectivity index (χ4n) is 2.81. The number of amides is 1. The van der Waals surface area contributed by atoms with Crippen molar-refractivity contribution in [2.24, 2.45) is 5.10 Å². The summed E-state index contributed by atoms with van der Waals surface area (Å²) in [6.45, 7) is 0.0116. The molecule has 10 heteroatoms. The first-order valence-electron chi connectivity index (χ1n) is 8.67.